The number of guanidine groups is 1. The van der Waals surface area contributed by atoms with E-state index in [-0.39, 0.29) is 0 Å². The summed E-state index contributed by atoms with van der Waals surface area (Å²) in [5.41, 5.74) is 0. The fourth-order valence-electron chi connectivity index (χ4n) is 2.91. The van der Waals surface area contributed by atoms with Gasteiger partial charge in [-0.05, 0) is 44.9 Å². The zero-order valence-electron chi connectivity index (χ0n) is 15.1. The lowest BCUT2D eigenvalue weighted by atomic mass is 9.87. The minimum Gasteiger partial charge on any atom is -0.357 e. The van der Waals surface area contributed by atoms with E-state index < -0.39 is 10.0 Å². The fourth-order valence-corrected chi connectivity index (χ4v) is 3.84. The molecular formula is C16H34N4O2S. The van der Waals surface area contributed by atoms with Crippen LogP contribution >= 0.6 is 0 Å². The second-order valence-corrected chi connectivity index (χ2v) is 8.45. The quantitative estimate of drug-likeness (QED) is 0.399. The van der Waals surface area contributed by atoms with Gasteiger partial charge in [-0.15, -0.1) is 0 Å². The highest BCUT2D eigenvalue weighted by Crippen LogP contribution is 2.23. The largest absolute Gasteiger partial charge is 0.357 e. The van der Waals surface area contributed by atoms with Crippen LogP contribution in [0.3, 0.4) is 0 Å². The Morgan fingerprint density at radius 1 is 1.22 bits per heavy atom. The van der Waals surface area contributed by atoms with Crippen LogP contribution in [0.4, 0.5) is 0 Å². The van der Waals surface area contributed by atoms with Gasteiger partial charge in [0.1, 0.15) is 0 Å². The van der Waals surface area contributed by atoms with Gasteiger partial charge < -0.3 is 10.6 Å². The molecule has 0 spiro atoms. The molecule has 1 aliphatic rings. The van der Waals surface area contributed by atoms with Crippen molar-refractivity contribution in [1.82, 2.24) is 14.9 Å². The van der Waals surface area contributed by atoms with Gasteiger partial charge in [-0.1, -0.05) is 13.8 Å². The number of nitrogens with zero attached hydrogens (tertiary/aromatic N) is 2. The van der Waals surface area contributed by atoms with Gasteiger partial charge in [-0.3, -0.25) is 4.99 Å². The number of rotatable bonds is 8. The summed E-state index contributed by atoms with van der Waals surface area (Å²) < 4.78 is 24.6. The molecule has 1 saturated carbocycles. The number of hydrogen-bond acceptors (Lipinski definition) is 3. The molecule has 1 fully saturated rings. The summed E-state index contributed by atoms with van der Waals surface area (Å²) >= 11 is 0. The van der Waals surface area contributed by atoms with Crippen molar-refractivity contribution in [3.8, 4) is 0 Å². The Bertz CT molecular complexity index is 457. The summed E-state index contributed by atoms with van der Waals surface area (Å²) in [6.45, 7) is 8.74. The predicted octanol–water partition coefficient (Wildman–Crippen LogP) is 1.79. The van der Waals surface area contributed by atoms with E-state index in [2.05, 4.69) is 29.5 Å². The molecular weight excluding hydrogens is 312 g/mol. The van der Waals surface area contributed by atoms with Crippen molar-refractivity contribution in [1.29, 1.82) is 0 Å². The maximum atomic E-state index is 11.5. The van der Waals surface area contributed by atoms with Crippen LogP contribution in [0.15, 0.2) is 4.99 Å². The van der Waals surface area contributed by atoms with Gasteiger partial charge in [0.25, 0.3) is 0 Å². The lowest BCUT2D eigenvalue weighted by molar-refractivity contribution is 0.329. The zero-order valence-corrected chi connectivity index (χ0v) is 16.0. The molecule has 0 bridgehead atoms. The molecule has 0 aliphatic heterocycles. The summed E-state index contributed by atoms with van der Waals surface area (Å²) in [5, 5.41) is 6.80. The molecule has 0 unspecified atom stereocenters. The molecule has 6 nitrogen and oxygen atoms in total. The van der Waals surface area contributed by atoms with Crippen LogP contribution in [0.25, 0.3) is 0 Å². The normalized spacial score (nSPS) is 23.1. The molecule has 0 saturated heterocycles. The Balaban J connectivity index is 2.42. The zero-order chi connectivity index (χ0) is 17.3. The van der Waals surface area contributed by atoms with Crippen molar-refractivity contribution in [2.75, 3.05) is 32.4 Å². The number of nitrogens with one attached hydrogen (secondary N) is 2. The van der Waals surface area contributed by atoms with Crippen molar-refractivity contribution in [2.45, 2.75) is 58.9 Å². The average Bonchev–Trinajstić information content (AvgIpc) is 2.48. The molecule has 0 heterocycles. The van der Waals surface area contributed by atoms with Crippen molar-refractivity contribution >= 4 is 16.0 Å². The molecule has 0 aromatic heterocycles. The average molecular weight is 347 g/mol. The number of hydrogen-bond donors (Lipinski definition) is 2. The number of aliphatic imine (C=N–C) groups is 1. The Hall–Kier alpha value is -0.820. The lowest BCUT2D eigenvalue weighted by Gasteiger charge is -2.28. The van der Waals surface area contributed by atoms with E-state index in [1.54, 1.807) is 0 Å². The first kappa shape index (κ1) is 20.2. The number of sulfonamides is 1. The predicted molar refractivity (Wildman–Crippen MR) is 97.2 cm³/mol. The molecule has 1 rings (SSSR count). The smallest absolute Gasteiger partial charge is 0.211 e. The first-order chi connectivity index (χ1) is 10.9. The molecule has 0 aromatic carbocycles. The van der Waals surface area contributed by atoms with Crippen LogP contribution in [0.1, 0.15) is 52.9 Å². The second-order valence-electron chi connectivity index (χ2n) is 6.47. The van der Waals surface area contributed by atoms with Crippen molar-refractivity contribution in [3.63, 3.8) is 0 Å². The summed E-state index contributed by atoms with van der Waals surface area (Å²) in [7, 11) is -3.10. The van der Waals surface area contributed by atoms with E-state index in [0.717, 1.165) is 24.8 Å². The maximum Gasteiger partial charge on any atom is 0.211 e. The van der Waals surface area contributed by atoms with Gasteiger partial charge in [0.2, 0.25) is 10.0 Å². The molecule has 0 radical (unpaired) electrons. The molecule has 1 aliphatic carbocycles. The van der Waals surface area contributed by atoms with Crippen LogP contribution in [0.2, 0.25) is 0 Å². The molecule has 136 valence electrons. The molecule has 0 atom stereocenters. The lowest BCUT2D eigenvalue weighted by Crippen LogP contribution is -2.44. The van der Waals surface area contributed by atoms with Crippen LogP contribution in [0, 0.1) is 5.92 Å². The van der Waals surface area contributed by atoms with Crippen molar-refractivity contribution < 1.29 is 8.42 Å². The van der Waals surface area contributed by atoms with E-state index >= 15 is 0 Å². The van der Waals surface area contributed by atoms with E-state index in [1.165, 1.54) is 36.2 Å². The van der Waals surface area contributed by atoms with Crippen molar-refractivity contribution in [2.24, 2.45) is 10.9 Å². The van der Waals surface area contributed by atoms with Crippen molar-refractivity contribution in [3.05, 3.63) is 0 Å². The van der Waals surface area contributed by atoms with Crippen LogP contribution in [0.5, 0.6) is 0 Å². The molecule has 2 N–H and O–H groups in total. The molecule has 7 heteroatoms. The molecule has 0 amide bonds. The maximum absolute atomic E-state index is 11.5. The van der Waals surface area contributed by atoms with E-state index in [0.29, 0.717) is 25.7 Å². The standard InChI is InChI=1S/C16H34N4O2S/c1-5-17-16(19-15-10-8-14(3)9-11-15)18-12-7-13-20(6-2)23(4,21)22/h14-15H,5-13H2,1-4H3,(H2,17,18,19). The van der Waals surface area contributed by atoms with Crippen LogP contribution in [-0.4, -0.2) is 57.2 Å². The third kappa shape index (κ3) is 8.01. The van der Waals surface area contributed by atoms with Gasteiger partial charge in [-0.25, -0.2) is 12.7 Å². The van der Waals surface area contributed by atoms with E-state index in [4.69, 9.17) is 0 Å². The monoisotopic (exact) mass is 346 g/mol. The third-order valence-electron chi connectivity index (χ3n) is 4.36. The Kier molecular flexibility index (Phi) is 8.91. The van der Waals surface area contributed by atoms with E-state index in [1.807, 2.05) is 6.92 Å². The highest BCUT2D eigenvalue weighted by atomic mass is 32.2. The van der Waals surface area contributed by atoms with E-state index in [9.17, 15) is 8.42 Å². The van der Waals surface area contributed by atoms with Gasteiger partial charge in [0.05, 0.1) is 6.26 Å². The summed E-state index contributed by atoms with van der Waals surface area (Å²) in [6, 6.07) is 0.507. The minimum atomic E-state index is -3.10. The third-order valence-corrected chi connectivity index (χ3v) is 5.74. The van der Waals surface area contributed by atoms with Gasteiger partial charge in [0.15, 0.2) is 5.96 Å². The minimum absolute atomic E-state index is 0.507. The molecule has 0 aromatic rings. The summed E-state index contributed by atoms with van der Waals surface area (Å²) in [6.07, 6.45) is 6.94. The summed E-state index contributed by atoms with van der Waals surface area (Å²) in [5.74, 6) is 1.69. The SMILES string of the molecule is CCNC(=NCCCN(CC)S(C)(=O)=O)NC1CCC(C)CC1. The van der Waals surface area contributed by atoms with Crippen LogP contribution in [-0.2, 0) is 10.0 Å². The Labute approximate surface area is 142 Å². The first-order valence-electron chi connectivity index (χ1n) is 8.86. The van der Waals surface area contributed by atoms with Gasteiger partial charge in [0, 0.05) is 32.2 Å². The Morgan fingerprint density at radius 2 is 1.87 bits per heavy atom. The van der Waals surface area contributed by atoms with Gasteiger partial charge >= 0.3 is 0 Å². The topological polar surface area (TPSA) is 73.8 Å². The fraction of sp³-hybridized carbons (Fsp3) is 0.938. The molecule has 23 heavy (non-hydrogen) atoms. The van der Waals surface area contributed by atoms with Crippen LogP contribution < -0.4 is 10.6 Å². The summed E-state index contributed by atoms with van der Waals surface area (Å²) in [4.78, 5) is 4.59. The highest BCUT2D eigenvalue weighted by molar-refractivity contribution is 7.88. The highest BCUT2D eigenvalue weighted by Gasteiger charge is 2.19. The second kappa shape index (κ2) is 10.1. The first-order valence-corrected chi connectivity index (χ1v) is 10.7. The Morgan fingerprint density at radius 3 is 2.39 bits per heavy atom. The van der Waals surface area contributed by atoms with Gasteiger partial charge in [-0.2, -0.15) is 0 Å².